The molecule has 1 heterocycles. The van der Waals surface area contributed by atoms with Gasteiger partial charge < -0.3 is 5.11 Å². The number of benzene rings is 1. The Morgan fingerprint density at radius 1 is 1.47 bits per heavy atom. The quantitative estimate of drug-likeness (QED) is 0.857. The van der Waals surface area contributed by atoms with Gasteiger partial charge in [-0.25, -0.2) is 0 Å². The SMILES string of the molecule is O=S(=O)(NCc1cccc(Cl)c1)N1CCC[C@H]1CO. The first-order valence-electron chi connectivity index (χ1n) is 6.14. The molecule has 0 bridgehead atoms. The molecule has 0 amide bonds. The Morgan fingerprint density at radius 3 is 2.95 bits per heavy atom. The van der Waals surface area contributed by atoms with Crippen LogP contribution in [0.25, 0.3) is 0 Å². The Bertz CT molecular complexity index is 536. The second kappa shape index (κ2) is 6.19. The summed E-state index contributed by atoms with van der Waals surface area (Å²) in [6.45, 7) is 0.506. The van der Waals surface area contributed by atoms with Crippen LogP contribution in [0.5, 0.6) is 0 Å². The summed E-state index contributed by atoms with van der Waals surface area (Å²) in [7, 11) is -3.55. The monoisotopic (exact) mass is 304 g/mol. The van der Waals surface area contributed by atoms with Gasteiger partial charge in [0, 0.05) is 24.2 Å². The average Bonchev–Trinajstić information content (AvgIpc) is 2.86. The molecule has 1 saturated heterocycles. The van der Waals surface area contributed by atoms with Gasteiger partial charge in [0.25, 0.3) is 10.2 Å². The molecule has 5 nitrogen and oxygen atoms in total. The van der Waals surface area contributed by atoms with E-state index in [-0.39, 0.29) is 19.2 Å². The minimum Gasteiger partial charge on any atom is -0.395 e. The summed E-state index contributed by atoms with van der Waals surface area (Å²) in [4.78, 5) is 0. The van der Waals surface area contributed by atoms with E-state index in [0.29, 0.717) is 18.0 Å². The summed E-state index contributed by atoms with van der Waals surface area (Å²) in [5.74, 6) is 0. The molecule has 2 rings (SSSR count). The van der Waals surface area contributed by atoms with Gasteiger partial charge in [-0.1, -0.05) is 23.7 Å². The number of aliphatic hydroxyl groups excluding tert-OH is 1. The molecular weight excluding hydrogens is 288 g/mol. The maximum atomic E-state index is 12.1. The molecule has 1 fully saturated rings. The molecule has 19 heavy (non-hydrogen) atoms. The highest BCUT2D eigenvalue weighted by molar-refractivity contribution is 7.87. The van der Waals surface area contributed by atoms with Crippen molar-refractivity contribution < 1.29 is 13.5 Å². The maximum absolute atomic E-state index is 12.1. The van der Waals surface area contributed by atoms with Crippen LogP contribution in [0, 0.1) is 0 Å². The summed E-state index contributed by atoms with van der Waals surface area (Å²) in [5, 5.41) is 9.75. The molecular formula is C12H17ClN2O3S. The number of aliphatic hydroxyl groups is 1. The summed E-state index contributed by atoms with van der Waals surface area (Å²) < 4.78 is 28.1. The minimum absolute atomic E-state index is 0.141. The lowest BCUT2D eigenvalue weighted by atomic mass is 10.2. The van der Waals surface area contributed by atoms with Crippen LogP contribution in [0.4, 0.5) is 0 Å². The van der Waals surface area contributed by atoms with Gasteiger partial charge in [-0.15, -0.1) is 0 Å². The van der Waals surface area contributed by atoms with Crippen molar-refractivity contribution in [2.24, 2.45) is 0 Å². The Kier molecular flexibility index (Phi) is 4.81. The molecule has 0 spiro atoms. The molecule has 0 aromatic heterocycles. The topological polar surface area (TPSA) is 69.6 Å². The van der Waals surface area contributed by atoms with E-state index in [4.69, 9.17) is 11.6 Å². The van der Waals surface area contributed by atoms with E-state index in [1.807, 2.05) is 6.07 Å². The minimum atomic E-state index is -3.55. The summed E-state index contributed by atoms with van der Waals surface area (Å²) in [6, 6.07) is 6.73. The van der Waals surface area contributed by atoms with Crippen LogP contribution < -0.4 is 4.72 Å². The third kappa shape index (κ3) is 3.67. The maximum Gasteiger partial charge on any atom is 0.280 e. The van der Waals surface area contributed by atoms with Gasteiger partial charge in [-0.05, 0) is 30.5 Å². The largest absolute Gasteiger partial charge is 0.395 e. The van der Waals surface area contributed by atoms with Gasteiger partial charge in [0.1, 0.15) is 0 Å². The molecule has 1 aromatic rings. The smallest absolute Gasteiger partial charge is 0.280 e. The van der Waals surface area contributed by atoms with Crippen molar-refractivity contribution in [3.8, 4) is 0 Å². The number of hydrogen-bond acceptors (Lipinski definition) is 3. The van der Waals surface area contributed by atoms with Crippen molar-refractivity contribution in [3.63, 3.8) is 0 Å². The highest BCUT2D eigenvalue weighted by atomic mass is 35.5. The van der Waals surface area contributed by atoms with Gasteiger partial charge in [-0.3, -0.25) is 0 Å². The van der Waals surface area contributed by atoms with E-state index in [1.54, 1.807) is 18.2 Å². The van der Waals surface area contributed by atoms with Gasteiger partial charge in [0.2, 0.25) is 0 Å². The van der Waals surface area contributed by atoms with Gasteiger partial charge in [0.15, 0.2) is 0 Å². The summed E-state index contributed by atoms with van der Waals surface area (Å²) >= 11 is 5.85. The second-order valence-corrected chi connectivity index (χ2v) is 6.69. The number of nitrogens with one attached hydrogen (secondary N) is 1. The fourth-order valence-electron chi connectivity index (χ4n) is 2.21. The number of hydrogen-bond donors (Lipinski definition) is 2. The van der Waals surface area contributed by atoms with E-state index in [0.717, 1.165) is 12.0 Å². The zero-order valence-corrected chi connectivity index (χ0v) is 12.0. The molecule has 0 saturated carbocycles. The van der Waals surface area contributed by atoms with Crippen LogP contribution in [0.15, 0.2) is 24.3 Å². The third-order valence-corrected chi connectivity index (χ3v) is 5.03. The van der Waals surface area contributed by atoms with Crippen LogP contribution in [-0.2, 0) is 16.8 Å². The molecule has 1 atom stereocenters. The summed E-state index contributed by atoms with van der Waals surface area (Å²) in [5.41, 5.74) is 0.802. The lowest BCUT2D eigenvalue weighted by Crippen LogP contribution is -2.44. The molecule has 1 aliphatic rings. The van der Waals surface area contributed by atoms with Crippen LogP contribution >= 0.6 is 11.6 Å². The first-order chi connectivity index (χ1) is 9.03. The Hall–Kier alpha value is -0.660. The zero-order valence-electron chi connectivity index (χ0n) is 10.4. The molecule has 1 aromatic carbocycles. The lowest BCUT2D eigenvalue weighted by Gasteiger charge is -2.22. The Balaban J connectivity index is 2.01. The van der Waals surface area contributed by atoms with E-state index in [1.165, 1.54) is 4.31 Å². The zero-order chi connectivity index (χ0) is 13.9. The molecule has 7 heteroatoms. The van der Waals surface area contributed by atoms with E-state index in [9.17, 15) is 13.5 Å². The van der Waals surface area contributed by atoms with Crippen LogP contribution in [0.1, 0.15) is 18.4 Å². The molecule has 106 valence electrons. The van der Waals surface area contributed by atoms with Gasteiger partial charge in [-0.2, -0.15) is 17.4 Å². The van der Waals surface area contributed by atoms with Crippen molar-refractivity contribution in [1.29, 1.82) is 0 Å². The molecule has 2 N–H and O–H groups in total. The van der Waals surface area contributed by atoms with E-state index in [2.05, 4.69) is 4.72 Å². The Labute approximate surface area is 118 Å². The van der Waals surface area contributed by atoms with Crippen molar-refractivity contribution in [3.05, 3.63) is 34.9 Å². The number of nitrogens with zero attached hydrogens (tertiary/aromatic N) is 1. The standard InChI is InChI=1S/C12H17ClN2O3S/c13-11-4-1-3-10(7-11)8-14-19(17,18)15-6-2-5-12(15)9-16/h1,3-4,7,12,14,16H,2,5-6,8-9H2/t12-/m0/s1. The first kappa shape index (κ1) is 14.7. The van der Waals surface area contributed by atoms with Crippen molar-refractivity contribution in [1.82, 2.24) is 9.03 Å². The molecule has 0 unspecified atom stereocenters. The average molecular weight is 305 g/mol. The predicted octanol–water partition coefficient (Wildman–Crippen LogP) is 1.13. The molecule has 1 aliphatic heterocycles. The van der Waals surface area contributed by atoms with Crippen molar-refractivity contribution in [2.75, 3.05) is 13.2 Å². The van der Waals surface area contributed by atoms with Crippen LogP contribution in [0.3, 0.4) is 0 Å². The number of halogens is 1. The van der Waals surface area contributed by atoms with Gasteiger partial charge in [0.05, 0.1) is 6.61 Å². The normalized spacial score (nSPS) is 20.8. The lowest BCUT2D eigenvalue weighted by molar-refractivity contribution is 0.212. The molecule has 0 aliphatic carbocycles. The van der Waals surface area contributed by atoms with Gasteiger partial charge >= 0.3 is 0 Å². The highest BCUT2D eigenvalue weighted by Gasteiger charge is 2.33. The van der Waals surface area contributed by atoms with E-state index < -0.39 is 10.2 Å². The summed E-state index contributed by atoms with van der Waals surface area (Å²) in [6.07, 6.45) is 1.48. The van der Waals surface area contributed by atoms with Crippen molar-refractivity contribution in [2.45, 2.75) is 25.4 Å². The molecule has 0 radical (unpaired) electrons. The predicted molar refractivity (Wildman–Crippen MR) is 74.0 cm³/mol. The number of rotatable bonds is 5. The van der Waals surface area contributed by atoms with Crippen LogP contribution in [0.2, 0.25) is 5.02 Å². The van der Waals surface area contributed by atoms with E-state index >= 15 is 0 Å². The highest BCUT2D eigenvalue weighted by Crippen LogP contribution is 2.20. The first-order valence-corrected chi connectivity index (χ1v) is 7.96. The fourth-order valence-corrected chi connectivity index (χ4v) is 3.87. The van der Waals surface area contributed by atoms with Crippen LogP contribution in [-0.4, -0.2) is 37.0 Å². The second-order valence-electron chi connectivity index (χ2n) is 4.55. The van der Waals surface area contributed by atoms with Crippen molar-refractivity contribution >= 4 is 21.8 Å². The fraction of sp³-hybridized carbons (Fsp3) is 0.500. The third-order valence-electron chi connectivity index (χ3n) is 3.19. The Morgan fingerprint density at radius 2 is 2.26 bits per heavy atom.